The number of hydrogen-bond acceptors (Lipinski definition) is 4. The van der Waals surface area contributed by atoms with E-state index in [-0.39, 0.29) is 24.5 Å². The second kappa shape index (κ2) is 7.36. The molecule has 0 saturated carbocycles. The molecule has 3 rings (SSSR count). The number of halogens is 2. The van der Waals surface area contributed by atoms with Gasteiger partial charge >= 0.3 is 5.97 Å². The first-order valence-corrected chi connectivity index (χ1v) is 8.51. The third-order valence-electron chi connectivity index (χ3n) is 4.19. The second-order valence-electron chi connectivity index (χ2n) is 6.10. The van der Waals surface area contributed by atoms with Crippen molar-refractivity contribution in [2.24, 2.45) is 0 Å². The van der Waals surface area contributed by atoms with Crippen LogP contribution in [0.15, 0.2) is 24.3 Å². The van der Waals surface area contributed by atoms with E-state index in [0.29, 0.717) is 0 Å². The van der Waals surface area contributed by atoms with Crippen LogP contribution >= 0.6 is 35.3 Å². The normalized spacial score (nSPS) is 21.5. The molecule has 2 heterocycles. The molecule has 1 aromatic heterocycles. The van der Waals surface area contributed by atoms with Gasteiger partial charge < -0.3 is 10.4 Å². The van der Waals surface area contributed by atoms with Gasteiger partial charge in [-0.15, -0.1) is 23.7 Å². The summed E-state index contributed by atoms with van der Waals surface area (Å²) >= 11 is 8.24. The van der Waals surface area contributed by atoms with Crippen LogP contribution in [0.3, 0.4) is 0 Å². The van der Waals surface area contributed by atoms with Gasteiger partial charge in [0.15, 0.2) is 0 Å². The maximum Gasteiger partial charge on any atom is 0.317 e. The summed E-state index contributed by atoms with van der Waals surface area (Å²) in [5.74, 6) is -0.813. The van der Waals surface area contributed by atoms with Gasteiger partial charge in [-0.05, 0) is 19.4 Å². The highest BCUT2D eigenvalue weighted by Crippen LogP contribution is 2.36. The Bertz CT molecular complexity index is 706. The van der Waals surface area contributed by atoms with Gasteiger partial charge in [-0.2, -0.15) is 0 Å². The van der Waals surface area contributed by atoms with Gasteiger partial charge in [0.05, 0.1) is 11.6 Å². The molecule has 1 fully saturated rings. The molecule has 2 aromatic rings. The van der Waals surface area contributed by atoms with E-state index < -0.39 is 5.97 Å². The second-order valence-corrected chi connectivity index (χ2v) is 7.62. The van der Waals surface area contributed by atoms with Crippen LogP contribution in [-0.2, 0) is 11.3 Å². The molecule has 1 aliphatic heterocycles. The number of fused-ring (bicyclic) bond motifs is 1. The van der Waals surface area contributed by atoms with Crippen molar-refractivity contribution in [2.45, 2.75) is 25.4 Å². The van der Waals surface area contributed by atoms with Crippen LogP contribution in [0.1, 0.15) is 18.2 Å². The predicted octanol–water partition coefficient (Wildman–Crippen LogP) is 3.62. The molecule has 1 unspecified atom stereocenters. The van der Waals surface area contributed by atoms with Gasteiger partial charge in [0, 0.05) is 40.1 Å². The molecule has 0 amide bonds. The Morgan fingerprint density at radius 3 is 2.91 bits per heavy atom. The van der Waals surface area contributed by atoms with E-state index in [1.54, 1.807) is 11.3 Å². The standard InChI is InChI=1S/C16H19ClN2O2S.ClH/c1-16(18-8-14(20)21)6-7-19(10-16)9-13-15(17)11-4-2-3-5-12(11)22-13;/h2-5,18H,6-10H2,1H3,(H,20,21);1H. The fourth-order valence-corrected chi connectivity index (χ4v) is 4.53. The first-order valence-electron chi connectivity index (χ1n) is 7.32. The van der Waals surface area contributed by atoms with Crippen molar-refractivity contribution in [3.63, 3.8) is 0 Å². The van der Waals surface area contributed by atoms with Crippen molar-refractivity contribution in [2.75, 3.05) is 19.6 Å². The van der Waals surface area contributed by atoms with Gasteiger partial charge in [-0.25, -0.2) is 0 Å². The molecule has 0 bridgehead atoms. The van der Waals surface area contributed by atoms with Gasteiger partial charge in [-0.1, -0.05) is 29.8 Å². The lowest BCUT2D eigenvalue weighted by atomic mass is 10.0. The summed E-state index contributed by atoms with van der Waals surface area (Å²) in [6, 6.07) is 8.19. The van der Waals surface area contributed by atoms with Crippen molar-refractivity contribution in [3.8, 4) is 0 Å². The minimum atomic E-state index is -0.813. The van der Waals surface area contributed by atoms with Crippen molar-refractivity contribution < 1.29 is 9.90 Å². The fourth-order valence-electron chi connectivity index (χ4n) is 2.99. The maximum absolute atomic E-state index is 10.7. The summed E-state index contributed by atoms with van der Waals surface area (Å²) in [7, 11) is 0. The van der Waals surface area contributed by atoms with Crippen molar-refractivity contribution in [1.29, 1.82) is 0 Å². The summed E-state index contributed by atoms with van der Waals surface area (Å²) < 4.78 is 1.22. The molecular weight excluding hydrogens is 355 g/mol. The van der Waals surface area contributed by atoms with E-state index in [4.69, 9.17) is 16.7 Å². The number of aliphatic carboxylic acids is 1. The van der Waals surface area contributed by atoms with Gasteiger partial charge in [0.25, 0.3) is 0 Å². The highest BCUT2D eigenvalue weighted by Gasteiger charge is 2.34. The highest BCUT2D eigenvalue weighted by atomic mass is 35.5. The van der Waals surface area contributed by atoms with Crippen LogP contribution in [0.5, 0.6) is 0 Å². The zero-order valence-electron chi connectivity index (χ0n) is 12.8. The van der Waals surface area contributed by atoms with Crippen LogP contribution in [-0.4, -0.2) is 41.1 Å². The molecule has 0 radical (unpaired) electrons. The summed E-state index contributed by atoms with van der Waals surface area (Å²) in [6.07, 6.45) is 0.947. The Balaban J connectivity index is 0.00000192. The molecule has 23 heavy (non-hydrogen) atoms. The third kappa shape index (κ3) is 4.17. The number of carbonyl (C=O) groups is 1. The first-order chi connectivity index (χ1) is 10.5. The SMILES string of the molecule is CC1(NCC(=O)O)CCN(Cc2sc3ccccc3c2Cl)C1.Cl. The molecular formula is C16H20Cl2N2O2S. The Hall–Kier alpha value is -0.850. The Morgan fingerprint density at radius 2 is 2.22 bits per heavy atom. The zero-order chi connectivity index (χ0) is 15.7. The van der Waals surface area contributed by atoms with E-state index in [9.17, 15) is 4.79 Å². The first kappa shape index (κ1) is 18.5. The smallest absolute Gasteiger partial charge is 0.317 e. The Labute approximate surface area is 150 Å². The fraction of sp³-hybridized carbons (Fsp3) is 0.438. The number of rotatable bonds is 5. The Morgan fingerprint density at radius 1 is 1.48 bits per heavy atom. The van der Waals surface area contributed by atoms with Crippen LogP contribution < -0.4 is 5.32 Å². The summed E-state index contributed by atoms with van der Waals surface area (Å²) in [4.78, 5) is 14.2. The summed E-state index contributed by atoms with van der Waals surface area (Å²) in [5.41, 5.74) is -0.137. The van der Waals surface area contributed by atoms with Crippen LogP contribution in [0.4, 0.5) is 0 Å². The molecule has 4 nitrogen and oxygen atoms in total. The molecule has 1 saturated heterocycles. The number of likely N-dealkylation sites (tertiary alicyclic amines) is 1. The molecule has 0 spiro atoms. The van der Waals surface area contributed by atoms with Crippen LogP contribution in [0, 0.1) is 0 Å². The predicted molar refractivity (Wildman–Crippen MR) is 98.0 cm³/mol. The van der Waals surface area contributed by atoms with Crippen LogP contribution in [0.2, 0.25) is 5.02 Å². The zero-order valence-corrected chi connectivity index (χ0v) is 15.2. The Kier molecular flexibility index (Phi) is 5.92. The number of nitrogens with one attached hydrogen (secondary N) is 1. The lowest BCUT2D eigenvalue weighted by Gasteiger charge is -2.25. The van der Waals surface area contributed by atoms with Gasteiger partial charge in [0.1, 0.15) is 0 Å². The van der Waals surface area contributed by atoms with E-state index in [0.717, 1.165) is 36.5 Å². The number of thiophene rings is 1. The average Bonchev–Trinajstić information content (AvgIpc) is 3.00. The molecule has 2 N–H and O–H groups in total. The third-order valence-corrected chi connectivity index (χ3v) is 5.89. The van der Waals surface area contributed by atoms with E-state index in [1.165, 1.54) is 9.58 Å². The average molecular weight is 375 g/mol. The maximum atomic E-state index is 10.7. The topological polar surface area (TPSA) is 52.6 Å². The number of hydrogen-bond donors (Lipinski definition) is 2. The van der Waals surface area contributed by atoms with Gasteiger partial charge in [-0.3, -0.25) is 9.69 Å². The number of carboxylic acid groups (broad SMARTS) is 1. The number of carboxylic acids is 1. The lowest BCUT2D eigenvalue weighted by Crippen LogP contribution is -2.46. The van der Waals surface area contributed by atoms with Crippen molar-refractivity contribution in [1.82, 2.24) is 10.2 Å². The van der Waals surface area contributed by atoms with E-state index in [2.05, 4.69) is 29.3 Å². The largest absolute Gasteiger partial charge is 0.480 e. The summed E-state index contributed by atoms with van der Waals surface area (Å²) in [5, 5.41) is 13.9. The minimum Gasteiger partial charge on any atom is -0.480 e. The van der Waals surface area contributed by atoms with E-state index >= 15 is 0 Å². The molecule has 1 aromatic carbocycles. The quantitative estimate of drug-likeness (QED) is 0.838. The number of benzene rings is 1. The summed E-state index contributed by atoms with van der Waals surface area (Å²) in [6.45, 7) is 4.71. The molecule has 1 atom stereocenters. The van der Waals surface area contributed by atoms with Crippen molar-refractivity contribution >= 4 is 51.4 Å². The van der Waals surface area contributed by atoms with Crippen molar-refractivity contribution in [3.05, 3.63) is 34.2 Å². The van der Waals surface area contributed by atoms with E-state index in [1.807, 2.05) is 12.1 Å². The lowest BCUT2D eigenvalue weighted by molar-refractivity contribution is -0.136. The minimum absolute atomic E-state index is 0. The number of nitrogens with zero attached hydrogens (tertiary/aromatic N) is 1. The monoisotopic (exact) mass is 374 g/mol. The molecule has 1 aliphatic rings. The molecule has 7 heteroatoms. The van der Waals surface area contributed by atoms with Gasteiger partial charge in [0.2, 0.25) is 0 Å². The molecule has 126 valence electrons. The highest BCUT2D eigenvalue weighted by molar-refractivity contribution is 7.19. The van der Waals surface area contributed by atoms with Crippen LogP contribution in [0.25, 0.3) is 10.1 Å². The molecule has 0 aliphatic carbocycles.